The van der Waals surface area contributed by atoms with Gasteiger partial charge in [0.1, 0.15) is 0 Å². The third-order valence-electron chi connectivity index (χ3n) is 0.719. The van der Waals surface area contributed by atoms with Crippen LogP contribution in [-0.4, -0.2) is 12.1 Å². The maximum absolute atomic E-state index is 9.66. The summed E-state index contributed by atoms with van der Waals surface area (Å²) in [6, 6.07) is 0. The van der Waals surface area contributed by atoms with E-state index in [1.807, 2.05) is 0 Å². The van der Waals surface area contributed by atoms with E-state index in [1.54, 1.807) is 0 Å². The number of hydrogen-bond donors (Lipinski definition) is 2. The van der Waals surface area contributed by atoms with Crippen molar-refractivity contribution in [3.05, 3.63) is 0 Å². The average Bonchev–Trinajstić information content (AvgIpc) is 2.17. The summed E-state index contributed by atoms with van der Waals surface area (Å²) in [5, 5.41) is 9.66. The Balaban J connectivity index is 0.000000490. The van der Waals surface area contributed by atoms with Crippen molar-refractivity contribution in [2.24, 2.45) is 0 Å². The average molecular weight is 140 g/mol. The number of aliphatic carboxylic acids is 1. The van der Waals surface area contributed by atoms with Crippen LogP contribution < -0.4 is 67.3 Å². The van der Waals surface area contributed by atoms with Gasteiger partial charge in [0.05, 0.1) is 6.17 Å². The fourth-order valence-corrected chi connectivity index (χ4v) is 0.328. The molecule has 0 bridgehead atoms. The Morgan fingerprint density at radius 2 is 2.12 bits per heavy atom. The molecule has 0 saturated carbocycles. The zero-order valence-electron chi connectivity index (χ0n) is 4.60. The summed E-state index contributed by atoms with van der Waals surface area (Å²) >= 11 is 0. The summed E-state index contributed by atoms with van der Waals surface area (Å²) in [6.45, 7) is 0. The number of hydrogen-bond acceptors (Lipinski definition) is 4. The van der Waals surface area contributed by atoms with Gasteiger partial charge in [-0.3, -0.25) is 0 Å². The fourth-order valence-electron chi connectivity index (χ4n) is 0.328. The second-order valence-corrected chi connectivity index (χ2v) is 1.42. The smallest absolute Gasteiger partial charge is 0.550 e. The van der Waals surface area contributed by atoms with Crippen LogP contribution in [-0.2, 0) is 4.79 Å². The summed E-state index contributed by atoms with van der Waals surface area (Å²) < 4.78 is 0. The van der Waals surface area contributed by atoms with E-state index in [1.165, 1.54) is 0 Å². The predicted molar refractivity (Wildman–Crippen MR) is 19.7 cm³/mol. The summed E-state index contributed by atoms with van der Waals surface area (Å²) in [5.41, 5.74) is 5.19. The molecular weight excluding hydrogens is 135 g/mol. The molecule has 0 aromatic heterocycles. The second kappa shape index (κ2) is 3.94. The first kappa shape index (κ1) is 9.03. The largest absolute Gasteiger partial charge is 1.00 e. The Morgan fingerprint density at radius 3 is 2.25 bits per heavy atom. The molecule has 1 fully saturated rings. The van der Waals surface area contributed by atoms with E-state index in [-0.39, 0.29) is 64.0 Å². The first-order valence-corrected chi connectivity index (χ1v) is 2.00. The van der Waals surface area contributed by atoms with Gasteiger partial charge < -0.3 is 9.90 Å². The minimum Gasteiger partial charge on any atom is -0.550 e. The van der Waals surface area contributed by atoms with E-state index in [0.717, 1.165) is 0 Å². The van der Waals surface area contributed by atoms with Crippen molar-refractivity contribution in [1.82, 2.24) is 10.9 Å². The molecule has 0 aliphatic carbocycles. The monoisotopic (exact) mass is 140 g/mol. The molecule has 0 aromatic carbocycles. The van der Waals surface area contributed by atoms with E-state index in [9.17, 15) is 9.90 Å². The minimum atomic E-state index is -1.03. The molecule has 0 spiro atoms. The topological polar surface area (TPSA) is 84.0 Å². The van der Waals surface area contributed by atoms with Crippen LogP contribution in [0.2, 0.25) is 0 Å². The Morgan fingerprint density at radius 1 is 1.62 bits per heavy atom. The number of nitrogens with one attached hydrogen (secondary N) is 2. The van der Waals surface area contributed by atoms with E-state index in [0.29, 0.717) is 0 Å². The normalized spacial score (nSPS) is 17.0. The van der Waals surface area contributed by atoms with E-state index < -0.39 is 5.97 Å². The SMILES string of the molecule is O=C([O-])CC1NN1.[K+]. The molecule has 0 aromatic rings. The zero-order valence-corrected chi connectivity index (χ0v) is 7.72. The number of carbonyl (C=O) groups excluding carboxylic acids is 1. The van der Waals surface area contributed by atoms with E-state index >= 15 is 0 Å². The quantitative estimate of drug-likeness (QED) is 0.296. The van der Waals surface area contributed by atoms with Gasteiger partial charge in [0.2, 0.25) is 0 Å². The van der Waals surface area contributed by atoms with Gasteiger partial charge in [-0.15, -0.1) is 0 Å². The Kier molecular flexibility index (Phi) is 4.45. The predicted octanol–water partition coefficient (Wildman–Crippen LogP) is -5.44. The van der Waals surface area contributed by atoms with Crippen molar-refractivity contribution < 1.29 is 61.3 Å². The number of carboxylic acids is 1. The van der Waals surface area contributed by atoms with Crippen molar-refractivity contribution in [2.45, 2.75) is 12.6 Å². The van der Waals surface area contributed by atoms with E-state index in [4.69, 9.17) is 0 Å². The van der Waals surface area contributed by atoms with Gasteiger partial charge in [-0.05, 0) is 0 Å². The summed E-state index contributed by atoms with van der Waals surface area (Å²) in [7, 11) is 0. The van der Waals surface area contributed by atoms with Crippen molar-refractivity contribution in [3.63, 3.8) is 0 Å². The summed E-state index contributed by atoms with van der Waals surface area (Å²) in [5.74, 6) is -1.03. The molecule has 2 N–H and O–H groups in total. The number of hydrazine groups is 1. The van der Waals surface area contributed by atoms with Gasteiger partial charge in [0.15, 0.2) is 0 Å². The van der Waals surface area contributed by atoms with Gasteiger partial charge in [0, 0.05) is 12.4 Å². The molecule has 8 heavy (non-hydrogen) atoms. The molecule has 1 aliphatic heterocycles. The van der Waals surface area contributed by atoms with Crippen LogP contribution >= 0.6 is 0 Å². The standard InChI is InChI=1S/C3H6N2O2.K/c6-3(7)1-2-4-5-2;/h2,4-5H,1H2,(H,6,7);/q;+1/p-1. The van der Waals surface area contributed by atoms with Crippen LogP contribution in [0.4, 0.5) is 0 Å². The summed E-state index contributed by atoms with van der Waals surface area (Å²) in [6.07, 6.45) is 0.0185. The fraction of sp³-hybridized carbons (Fsp3) is 0.667. The molecule has 40 valence electrons. The zero-order chi connectivity index (χ0) is 5.28. The molecule has 0 radical (unpaired) electrons. The Hall–Kier alpha value is 1.03. The van der Waals surface area contributed by atoms with Crippen molar-refractivity contribution in [3.8, 4) is 0 Å². The first-order chi connectivity index (χ1) is 3.29. The van der Waals surface area contributed by atoms with Gasteiger partial charge in [-0.1, -0.05) is 0 Å². The van der Waals surface area contributed by atoms with Crippen LogP contribution in [0.3, 0.4) is 0 Å². The second-order valence-electron chi connectivity index (χ2n) is 1.42. The van der Waals surface area contributed by atoms with Gasteiger partial charge in [-0.25, -0.2) is 10.9 Å². The molecule has 1 rings (SSSR count). The Bertz CT molecular complexity index is 93.3. The van der Waals surface area contributed by atoms with Crippen molar-refractivity contribution in [2.75, 3.05) is 0 Å². The first-order valence-electron chi connectivity index (χ1n) is 2.00. The van der Waals surface area contributed by atoms with Gasteiger partial charge >= 0.3 is 51.4 Å². The van der Waals surface area contributed by atoms with Crippen LogP contribution in [0, 0.1) is 0 Å². The van der Waals surface area contributed by atoms with Gasteiger partial charge in [-0.2, -0.15) is 0 Å². The van der Waals surface area contributed by atoms with E-state index in [2.05, 4.69) is 10.9 Å². The summed E-state index contributed by atoms with van der Waals surface area (Å²) in [4.78, 5) is 9.66. The van der Waals surface area contributed by atoms with Crippen molar-refractivity contribution >= 4 is 5.97 Å². The maximum Gasteiger partial charge on any atom is 1.00 e. The molecule has 4 nitrogen and oxygen atoms in total. The van der Waals surface area contributed by atoms with Gasteiger partial charge in [0.25, 0.3) is 0 Å². The number of carboxylic acid groups (broad SMARTS) is 1. The number of carbonyl (C=O) groups is 1. The van der Waals surface area contributed by atoms with Crippen molar-refractivity contribution in [1.29, 1.82) is 0 Å². The molecular formula is C3H5KN2O2. The third-order valence-corrected chi connectivity index (χ3v) is 0.719. The van der Waals surface area contributed by atoms with Crippen LogP contribution in [0.25, 0.3) is 0 Å². The molecule has 5 heteroatoms. The molecule has 1 heterocycles. The number of rotatable bonds is 2. The Labute approximate surface area is 89.4 Å². The van der Waals surface area contributed by atoms with Crippen LogP contribution in [0.1, 0.15) is 6.42 Å². The van der Waals surface area contributed by atoms with Crippen LogP contribution in [0.15, 0.2) is 0 Å². The molecule has 1 aliphatic rings. The molecule has 0 amide bonds. The third kappa shape index (κ3) is 3.96. The maximum atomic E-state index is 9.66. The molecule has 0 unspecified atom stereocenters. The van der Waals surface area contributed by atoms with Crippen LogP contribution in [0.5, 0.6) is 0 Å². The molecule has 1 saturated heterocycles. The molecule has 0 atom stereocenters. The minimum absolute atomic E-state index is 0.